The van der Waals surface area contributed by atoms with Crippen molar-refractivity contribution in [2.45, 2.75) is 13.0 Å². The van der Waals surface area contributed by atoms with E-state index in [1.165, 1.54) is 7.11 Å². The van der Waals surface area contributed by atoms with Gasteiger partial charge in [-0.15, -0.1) is 17.5 Å². The number of ether oxygens (including phenoxy) is 1. The van der Waals surface area contributed by atoms with Gasteiger partial charge in [-0.1, -0.05) is 23.2 Å². The van der Waals surface area contributed by atoms with E-state index < -0.39 is 6.04 Å². The first-order chi connectivity index (χ1) is 10.4. The number of aryl methyl sites for hydroxylation is 1. The van der Waals surface area contributed by atoms with Crippen LogP contribution in [-0.4, -0.2) is 35.4 Å². The Balaban J connectivity index is 0.00000264. The van der Waals surface area contributed by atoms with Gasteiger partial charge >= 0.3 is 0 Å². The molecule has 0 spiro atoms. The minimum Gasteiger partial charge on any atom is -0.383 e. The second-order valence-corrected chi connectivity index (χ2v) is 5.57. The Morgan fingerprint density at radius 2 is 2.13 bits per heavy atom. The molecule has 0 fully saturated rings. The number of nitrogens with zero attached hydrogens (tertiary/aromatic N) is 2. The first kappa shape index (κ1) is 19.7. The Labute approximate surface area is 150 Å². The van der Waals surface area contributed by atoms with Gasteiger partial charge in [0, 0.05) is 23.9 Å². The fourth-order valence-electron chi connectivity index (χ4n) is 1.91. The summed E-state index contributed by atoms with van der Waals surface area (Å²) >= 11 is 12.1. The molecule has 1 aromatic carbocycles. The lowest BCUT2D eigenvalue weighted by Crippen LogP contribution is -2.39. The third kappa shape index (κ3) is 4.83. The van der Waals surface area contributed by atoms with Crippen LogP contribution in [0.1, 0.15) is 5.69 Å². The van der Waals surface area contributed by atoms with Gasteiger partial charge < -0.3 is 15.8 Å². The van der Waals surface area contributed by atoms with Gasteiger partial charge in [0.2, 0.25) is 5.91 Å². The van der Waals surface area contributed by atoms with E-state index in [2.05, 4.69) is 10.4 Å². The minimum absolute atomic E-state index is 0. The van der Waals surface area contributed by atoms with E-state index in [0.717, 1.165) is 5.69 Å². The average Bonchev–Trinajstić information content (AvgIpc) is 2.79. The highest BCUT2D eigenvalue weighted by molar-refractivity contribution is 6.35. The molecule has 1 unspecified atom stereocenters. The first-order valence-corrected chi connectivity index (χ1v) is 7.25. The van der Waals surface area contributed by atoms with E-state index in [-0.39, 0.29) is 24.9 Å². The predicted octanol–water partition coefficient (Wildman–Crippen LogP) is 2.82. The number of halogens is 3. The summed E-state index contributed by atoms with van der Waals surface area (Å²) in [4.78, 5) is 11.9. The van der Waals surface area contributed by atoms with Crippen LogP contribution in [0.2, 0.25) is 10.0 Å². The molecule has 126 valence electrons. The summed E-state index contributed by atoms with van der Waals surface area (Å²) < 4.78 is 6.47. The molecule has 9 heteroatoms. The molecule has 6 nitrogen and oxygen atoms in total. The number of hydrogen-bond acceptors (Lipinski definition) is 4. The van der Waals surface area contributed by atoms with Crippen LogP contribution >= 0.6 is 35.6 Å². The zero-order chi connectivity index (χ0) is 16.3. The van der Waals surface area contributed by atoms with Crippen molar-refractivity contribution in [2.75, 3.05) is 19.0 Å². The second-order valence-electron chi connectivity index (χ2n) is 4.73. The molecule has 0 saturated heterocycles. The van der Waals surface area contributed by atoms with Crippen molar-refractivity contribution in [3.8, 4) is 5.69 Å². The standard InChI is InChI=1S/C14H16Cl2N4O2.ClH/c1-8-5-13(18-14(21)11(17)7-22-2)19-20(8)12-4-3-9(15)6-10(12)16;/h3-6,11H,7,17H2,1-2H3,(H,18,19,21);1H. The summed E-state index contributed by atoms with van der Waals surface area (Å²) in [7, 11) is 1.48. The van der Waals surface area contributed by atoms with Gasteiger partial charge in [0.1, 0.15) is 6.04 Å². The minimum atomic E-state index is -0.755. The zero-order valence-electron chi connectivity index (χ0n) is 12.5. The van der Waals surface area contributed by atoms with Crippen LogP contribution in [0.25, 0.3) is 5.69 Å². The van der Waals surface area contributed by atoms with Crippen molar-refractivity contribution in [3.63, 3.8) is 0 Å². The number of nitrogens with two attached hydrogens (primary N) is 1. The molecule has 0 aliphatic rings. The maximum Gasteiger partial charge on any atom is 0.244 e. The van der Waals surface area contributed by atoms with E-state index in [1.54, 1.807) is 28.9 Å². The van der Waals surface area contributed by atoms with Gasteiger partial charge in [0.25, 0.3) is 0 Å². The van der Waals surface area contributed by atoms with Crippen LogP contribution in [0.4, 0.5) is 5.82 Å². The number of amides is 1. The number of carbonyl (C=O) groups excluding carboxylic acids is 1. The quantitative estimate of drug-likeness (QED) is 0.837. The molecule has 1 amide bonds. The van der Waals surface area contributed by atoms with E-state index >= 15 is 0 Å². The molecule has 0 aliphatic heterocycles. The van der Waals surface area contributed by atoms with Crippen LogP contribution in [0.3, 0.4) is 0 Å². The topological polar surface area (TPSA) is 82.2 Å². The summed E-state index contributed by atoms with van der Waals surface area (Å²) in [6.07, 6.45) is 0. The van der Waals surface area contributed by atoms with Crippen LogP contribution < -0.4 is 11.1 Å². The number of nitrogens with one attached hydrogen (secondary N) is 1. The summed E-state index contributed by atoms with van der Waals surface area (Å²) in [5.74, 6) is 0.0220. The Morgan fingerprint density at radius 1 is 1.43 bits per heavy atom. The number of carbonyl (C=O) groups is 1. The van der Waals surface area contributed by atoms with Crippen molar-refractivity contribution in [3.05, 3.63) is 40.0 Å². The van der Waals surface area contributed by atoms with Crippen molar-refractivity contribution in [1.29, 1.82) is 0 Å². The number of benzene rings is 1. The van der Waals surface area contributed by atoms with Gasteiger partial charge in [0.15, 0.2) is 5.82 Å². The third-order valence-electron chi connectivity index (χ3n) is 2.96. The van der Waals surface area contributed by atoms with Crippen LogP contribution in [0.15, 0.2) is 24.3 Å². The third-order valence-corrected chi connectivity index (χ3v) is 3.50. The number of hydrogen-bond donors (Lipinski definition) is 2. The van der Waals surface area contributed by atoms with Gasteiger partial charge in [-0.05, 0) is 25.1 Å². The Morgan fingerprint density at radius 3 is 2.74 bits per heavy atom. The Bertz CT molecular complexity index is 691. The van der Waals surface area contributed by atoms with E-state index in [9.17, 15) is 4.79 Å². The van der Waals surface area contributed by atoms with Crippen LogP contribution in [0.5, 0.6) is 0 Å². The number of rotatable bonds is 5. The van der Waals surface area contributed by atoms with E-state index in [4.69, 9.17) is 33.7 Å². The zero-order valence-corrected chi connectivity index (χ0v) is 14.9. The smallest absolute Gasteiger partial charge is 0.244 e. The van der Waals surface area contributed by atoms with Gasteiger partial charge in [-0.25, -0.2) is 4.68 Å². The Kier molecular flexibility index (Phi) is 7.31. The number of methoxy groups -OCH3 is 1. The van der Waals surface area contributed by atoms with Gasteiger partial charge in [-0.2, -0.15) is 0 Å². The van der Waals surface area contributed by atoms with Gasteiger partial charge in [-0.3, -0.25) is 4.79 Å². The molecule has 0 radical (unpaired) electrons. The maximum atomic E-state index is 11.9. The number of anilines is 1. The van der Waals surface area contributed by atoms with Crippen molar-refractivity contribution in [2.24, 2.45) is 5.73 Å². The predicted molar refractivity (Wildman–Crippen MR) is 94.1 cm³/mol. The van der Waals surface area contributed by atoms with E-state index in [1.807, 2.05) is 6.92 Å². The molecule has 1 heterocycles. The van der Waals surface area contributed by atoms with Crippen LogP contribution in [-0.2, 0) is 9.53 Å². The maximum absolute atomic E-state index is 11.9. The van der Waals surface area contributed by atoms with Gasteiger partial charge in [0.05, 0.1) is 17.3 Å². The summed E-state index contributed by atoms with van der Waals surface area (Å²) in [6.45, 7) is 1.98. The number of aromatic nitrogens is 2. The highest BCUT2D eigenvalue weighted by atomic mass is 35.5. The molecular weight excluding hydrogens is 363 g/mol. The molecule has 0 bridgehead atoms. The largest absolute Gasteiger partial charge is 0.383 e. The van der Waals surface area contributed by atoms with E-state index in [0.29, 0.717) is 21.6 Å². The van der Waals surface area contributed by atoms with Crippen molar-refractivity contribution in [1.82, 2.24) is 9.78 Å². The lowest BCUT2D eigenvalue weighted by atomic mass is 10.3. The molecule has 23 heavy (non-hydrogen) atoms. The molecule has 3 N–H and O–H groups in total. The lowest BCUT2D eigenvalue weighted by molar-refractivity contribution is -0.118. The Hall–Kier alpha value is -1.31. The summed E-state index contributed by atoms with van der Waals surface area (Å²) in [5.41, 5.74) is 7.14. The first-order valence-electron chi connectivity index (χ1n) is 6.50. The highest BCUT2D eigenvalue weighted by Crippen LogP contribution is 2.26. The molecule has 1 aromatic heterocycles. The molecule has 2 aromatic rings. The molecule has 1 atom stereocenters. The monoisotopic (exact) mass is 378 g/mol. The molecule has 0 saturated carbocycles. The lowest BCUT2D eigenvalue weighted by Gasteiger charge is -2.09. The second kappa shape index (κ2) is 8.52. The SMILES string of the molecule is COCC(N)C(=O)Nc1cc(C)n(-c2ccc(Cl)cc2Cl)n1.Cl. The van der Waals surface area contributed by atoms with Crippen molar-refractivity contribution < 1.29 is 9.53 Å². The normalized spacial score (nSPS) is 11.7. The summed E-state index contributed by atoms with van der Waals surface area (Å²) in [6, 6.07) is 6.08. The van der Waals surface area contributed by atoms with Crippen LogP contribution in [0, 0.1) is 6.92 Å². The molecule has 0 aliphatic carbocycles. The fourth-order valence-corrected chi connectivity index (χ4v) is 2.40. The average molecular weight is 380 g/mol. The highest BCUT2D eigenvalue weighted by Gasteiger charge is 2.16. The summed E-state index contributed by atoms with van der Waals surface area (Å²) in [5, 5.41) is 7.96. The fraction of sp³-hybridized carbons (Fsp3) is 0.286. The van der Waals surface area contributed by atoms with Crippen molar-refractivity contribution >= 4 is 47.3 Å². The molecular formula is C14H17Cl3N4O2. The molecule has 2 rings (SSSR count).